The minimum absolute atomic E-state index is 0.165. The van der Waals surface area contributed by atoms with Crippen LogP contribution >= 0.6 is 0 Å². The number of hydrogen-bond donors (Lipinski definition) is 3. The Hall–Kier alpha value is -2.20. The summed E-state index contributed by atoms with van der Waals surface area (Å²) in [6.45, 7) is 0. The van der Waals surface area contributed by atoms with E-state index in [4.69, 9.17) is 0 Å². The van der Waals surface area contributed by atoms with Crippen molar-refractivity contribution in [1.29, 1.82) is 0 Å². The summed E-state index contributed by atoms with van der Waals surface area (Å²) in [4.78, 5) is 0. The lowest BCUT2D eigenvalue weighted by molar-refractivity contribution is -0.0280. The molecule has 0 heterocycles. The van der Waals surface area contributed by atoms with Crippen molar-refractivity contribution in [2.24, 2.45) is 0 Å². The van der Waals surface area contributed by atoms with Crippen molar-refractivity contribution in [2.45, 2.75) is 24.7 Å². The zero-order chi connectivity index (χ0) is 15.7. The Bertz CT molecular complexity index is 1040. The second-order valence-electron chi connectivity index (χ2n) is 6.50. The lowest BCUT2D eigenvalue weighted by atomic mass is 9.80. The maximum Gasteiger partial charge on any atom is 0.105 e. The van der Waals surface area contributed by atoms with E-state index in [1.54, 1.807) is 0 Å². The van der Waals surface area contributed by atoms with Crippen LogP contribution in [0.5, 0.6) is 0 Å². The van der Waals surface area contributed by atoms with Gasteiger partial charge in [-0.25, -0.2) is 0 Å². The van der Waals surface area contributed by atoms with Crippen LogP contribution in [-0.4, -0.2) is 21.4 Å². The Kier molecular flexibility index (Phi) is 2.55. The van der Waals surface area contributed by atoms with Crippen LogP contribution in [0.2, 0.25) is 0 Å². The van der Waals surface area contributed by atoms with E-state index in [-0.39, 0.29) is 6.42 Å². The zero-order valence-electron chi connectivity index (χ0n) is 12.4. The van der Waals surface area contributed by atoms with Crippen LogP contribution in [-0.2, 0) is 0 Å². The van der Waals surface area contributed by atoms with Crippen LogP contribution in [0.3, 0.4) is 0 Å². The molecule has 0 bridgehead atoms. The highest BCUT2D eigenvalue weighted by atomic mass is 16.3. The van der Waals surface area contributed by atoms with Crippen molar-refractivity contribution < 1.29 is 15.3 Å². The number of rotatable bonds is 0. The van der Waals surface area contributed by atoms with Crippen molar-refractivity contribution in [2.75, 3.05) is 0 Å². The Balaban J connectivity index is 2.02. The third-order valence-electron chi connectivity index (χ3n) is 5.20. The number of aliphatic hydroxyl groups excluding tert-OH is 3. The second-order valence-corrected chi connectivity index (χ2v) is 6.50. The van der Waals surface area contributed by atoms with E-state index >= 15 is 0 Å². The zero-order valence-corrected chi connectivity index (χ0v) is 12.4. The molecule has 4 aromatic carbocycles. The van der Waals surface area contributed by atoms with Crippen LogP contribution in [0.25, 0.3) is 32.3 Å². The van der Waals surface area contributed by atoms with Gasteiger partial charge in [0.1, 0.15) is 6.10 Å². The van der Waals surface area contributed by atoms with Crippen LogP contribution < -0.4 is 0 Å². The van der Waals surface area contributed by atoms with Gasteiger partial charge in [0.2, 0.25) is 0 Å². The maximum atomic E-state index is 10.5. The fraction of sp³-hybridized carbons (Fsp3) is 0.200. The molecule has 23 heavy (non-hydrogen) atoms. The highest BCUT2D eigenvalue weighted by Crippen LogP contribution is 2.45. The molecule has 3 nitrogen and oxygen atoms in total. The van der Waals surface area contributed by atoms with E-state index in [0.717, 1.165) is 21.7 Å². The Morgan fingerprint density at radius 2 is 1.48 bits per heavy atom. The standard InChI is InChI=1S/C20H16O3/c21-15-9-16(22)20(23)14-8-12-5-4-10-2-1-3-11-6-7-13(19(14)15)18(12)17(10)11/h1-8,15-16,20-23H,9H2/t15-,16+,20+/m0/s1. The second kappa shape index (κ2) is 4.42. The molecular weight excluding hydrogens is 288 g/mol. The Morgan fingerprint density at radius 3 is 2.26 bits per heavy atom. The lowest BCUT2D eigenvalue weighted by Crippen LogP contribution is -2.28. The topological polar surface area (TPSA) is 60.7 Å². The normalized spacial score (nSPS) is 24.6. The largest absolute Gasteiger partial charge is 0.390 e. The third kappa shape index (κ3) is 1.64. The summed E-state index contributed by atoms with van der Waals surface area (Å²) in [5.41, 5.74) is 1.40. The van der Waals surface area contributed by atoms with Crippen LogP contribution in [0, 0.1) is 0 Å². The fourth-order valence-corrected chi connectivity index (χ4v) is 4.15. The fourth-order valence-electron chi connectivity index (χ4n) is 4.15. The van der Waals surface area contributed by atoms with Gasteiger partial charge < -0.3 is 15.3 Å². The molecule has 0 aliphatic heterocycles. The van der Waals surface area contributed by atoms with E-state index in [2.05, 4.69) is 24.3 Å². The molecule has 3 heteroatoms. The minimum Gasteiger partial charge on any atom is -0.390 e. The average molecular weight is 304 g/mol. The molecule has 4 aromatic rings. The molecule has 0 radical (unpaired) electrons. The van der Waals surface area contributed by atoms with Crippen LogP contribution in [0.1, 0.15) is 29.8 Å². The van der Waals surface area contributed by atoms with Gasteiger partial charge in [-0.15, -0.1) is 0 Å². The summed E-state index contributed by atoms with van der Waals surface area (Å²) < 4.78 is 0. The van der Waals surface area contributed by atoms with Crippen molar-refractivity contribution in [3.8, 4) is 0 Å². The number of benzene rings is 4. The highest BCUT2D eigenvalue weighted by Gasteiger charge is 2.33. The smallest absolute Gasteiger partial charge is 0.105 e. The minimum atomic E-state index is -0.949. The molecule has 0 saturated heterocycles. The van der Waals surface area contributed by atoms with Gasteiger partial charge in [-0.1, -0.05) is 42.5 Å². The summed E-state index contributed by atoms with van der Waals surface area (Å²) in [6.07, 6.45) is -2.47. The molecule has 5 rings (SSSR count). The van der Waals surface area contributed by atoms with E-state index in [1.807, 2.05) is 24.3 Å². The van der Waals surface area contributed by atoms with E-state index in [0.29, 0.717) is 5.56 Å². The number of hydrogen-bond acceptors (Lipinski definition) is 3. The summed E-state index contributed by atoms with van der Waals surface area (Å²) in [6, 6.07) is 16.4. The molecule has 0 amide bonds. The third-order valence-corrected chi connectivity index (χ3v) is 5.20. The first-order chi connectivity index (χ1) is 11.1. The van der Waals surface area contributed by atoms with Crippen molar-refractivity contribution in [1.82, 2.24) is 0 Å². The monoisotopic (exact) mass is 304 g/mol. The molecule has 0 saturated carbocycles. The molecule has 0 unspecified atom stereocenters. The molecule has 1 aliphatic rings. The summed E-state index contributed by atoms with van der Waals surface area (Å²) >= 11 is 0. The van der Waals surface area contributed by atoms with Gasteiger partial charge in [-0.05, 0) is 49.5 Å². The van der Waals surface area contributed by atoms with E-state index < -0.39 is 18.3 Å². The van der Waals surface area contributed by atoms with Gasteiger partial charge in [0.25, 0.3) is 0 Å². The first-order valence-corrected chi connectivity index (χ1v) is 7.89. The van der Waals surface area contributed by atoms with Gasteiger partial charge >= 0.3 is 0 Å². The van der Waals surface area contributed by atoms with Gasteiger partial charge in [-0.3, -0.25) is 0 Å². The molecular formula is C20H16O3. The highest BCUT2D eigenvalue weighted by molar-refractivity contribution is 6.23. The van der Waals surface area contributed by atoms with Crippen molar-refractivity contribution >= 4 is 32.3 Å². The predicted molar refractivity (Wildman–Crippen MR) is 90.7 cm³/mol. The summed E-state index contributed by atoms with van der Waals surface area (Å²) in [5, 5.41) is 37.5. The van der Waals surface area contributed by atoms with Gasteiger partial charge in [0.15, 0.2) is 0 Å². The maximum absolute atomic E-state index is 10.5. The molecule has 3 atom stereocenters. The van der Waals surface area contributed by atoms with Crippen LogP contribution in [0.4, 0.5) is 0 Å². The lowest BCUT2D eigenvalue weighted by Gasteiger charge is -2.32. The molecule has 1 aliphatic carbocycles. The average Bonchev–Trinajstić information content (AvgIpc) is 2.57. The van der Waals surface area contributed by atoms with Gasteiger partial charge in [0, 0.05) is 6.42 Å². The molecule has 0 spiro atoms. The van der Waals surface area contributed by atoms with Crippen LogP contribution in [0.15, 0.2) is 48.5 Å². The quantitative estimate of drug-likeness (QED) is 0.436. The summed E-state index contributed by atoms with van der Waals surface area (Å²) in [7, 11) is 0. The van der Waals surface area contributed by atoms with E-state index in [9.17, 15) is 15.3 Å². The number of fused-ring (bicyclic) bond motifs is 2. The van der Waals surface area contributed by atoms with Crippen molar-refractivity contribution in [3.05, 3.63) is 59.7 Å². The molecule has 3 N–H and O–H groups in total. The predicted octanol–water partition coefficient (Wildman–Crippen LogP) is 3.42. The molecule has 0 fully saturated rings. The van der Waals surface area contributed by atoms with Gasteiger partial charge in [-0.2, -0.15) is 0 Å². The van der Waals surface area contributed by atoms with E-state index in [1.165, 1.54) is 16.2 Å². The van der Waals surface area contributed by atoms with Crippen molar-refractivity contribution in [3.63, 3.8) is 0 Å². The number of aliphatic hydroxyl groups is 3. The summed E-state index contributed by atoms with van der Waals surface area (Å²) in [5.74, 6) is 0. The van der Waals surface area contributed by atoms with Gasteiger partial charge in [0.05, 0.1) is 12.2 Å². The Morgan fingerprint density at radius 1 is 0.783 bits per heavy atom. The molecule has 0 aromatic heterocycles. The SMILES string of the molecule is O[C@@H]1C[C@H](O)c2c(cc3ccc4cccc5ccc2c3c45)[C@H]1O. The first-order valence-electron chi connectivity index (χ1n) is 7.89. The Labute approximate surface area is 132 Å². The first kappa shape index (κ1) is 13.3. The molecule has 114 valence electrons.